The van der Waals surface area contributed by atoms with Crippen LogP contribution in [-0.2, 0) is 0 Å². The van der Waals surface area contributed by atoms with Crippen LogP contribution in [0.4, 0.5) is 5.82 Å². The van der Waals surface area contributed by atoms with E-state index < -0.39 is 0 Å². The summed E-state index contributed by atoms with van der Waals surface area (Å²) in [6.07, 6.45) is 1.29. The van der Waals surface area contributed by atoms with Crippen molar-refractivity contribution < 1.29 is 0 Å². The number of piperazine rings is 1. The minimum absolute atomic E-state index is 0.734. The van der Waals surface area contributed by atoms with Crippen molar-refractivity contribution in [2.24, 2.45) is 0 Å². The van der Waals surface area contributed by atoms with Gasteiger partial charge in [-0.15, -0.1) is 0 Å². The second kappa shape index (κ2) is 6.34. The molecular formula is C18H25N5. The number of nitrogens with zero attached hydrogens (tertiary/aromatic N) is 4. The van der Waals surface area contributed by atoms with Crippen molar-refractivity contribution in [3.8, 4) is 5.69 Å². The first-order chi connectivity index (χ1) is 11.3. The molecular weight excluding hydrogens is 286 g/mol. The lowest BCUT2D eigenvalue weighted by Crippen LogP contribution is -2.51. The molecule has 3 heterocycles. The fourth-order valence-corrected chi connectivity index (χ4v) is 3.74. The average Bonchev–Trinajstić information content (AvgIpc) is 3.25. The van der Waals surface area contributed by atoms with E-state index in [1.807, 2.05) is 6.07 Å². The average molecular weight is 311 g/mol. The van der Waals surface area contributed by atoms with Gasteiger partial charge in [0.1, 0.15) is 5.82 Å². The van der Waals surface area contributed by atoms with Gasteiger partial charge in [0.15, 0.2) is 0 Å². The lowest BCUT2D eigenvalue weighted by Gasteiger charge is -2.38. The number of hydrogen-bond donors (Lipinski definition) is 1. The molecule has 2 aliphatic heterocycles. The van der Waals surface area contributed by atoms with E-state index in [1.54, 1.807) is 0 Å². The lowest BCUT2D eigenvalue weighted by molar-refractivity contribution is 0.196. The van der Waals surface area contributed by atoms with Crippen molar-refractivity contribution in [1.29, 1.82) is 0 Å². The molecule has 1 aromatic heterocycles. The summed E-state index contributed by atoms with van der Waals surface area (Å²) in [6, 6.07) is 13.4. The number of para-hydroxylation sites is 1. The van der Waals surface area contributed by atoms with Crippen LogP contribution in [0.5, 0.6) is 0 Å². The van der Waals surface area contributed by atoms with Crippen molar-refractivity contribution in [1.82, 2.24) is 20.0 Å². The standard InChI is InChI=1S/C18H25N5/c1-15-13-18(23(20-15)16-5-3-2-4-6-16)22-11-9-21(10-12-22)17-7-8-19-14-17/h2-6,13,17,19H,7-12,14H2,1H3/t17-/m0/s1. The van der Waals surface area contributed by atoms with E-state index in [0.717, 1.165) is 50.1 Å². The van der Waals surface area contributed by atoms with Crippen LogP contribution in [0.3, 0.4) is 0 Å². The molecule has 122 valence electrons. The van der Waals surface area contributed by atoms with Crippen LogP contribution in [0.1, 0.15) is 12.1 Å². The highest BCUT2D eigenvalue weighted by molar-refractivity contribution is 5.48. The van der Waals surface area contributed by atoms with Gasteiger partial charge >= 0.3 is 0 Å². The Morgan fingerprint density at radius 1 is 1.09 bits per heavy atom. The summed E-state index contributed by atoms with van der Waals surface area (Å²) < 4.78 is 2.09. The van der Waals surface area contributed by atoms with Gasteiger partial charge in [-0.1, -0.05) is 18.2 Å². The van der Waals surface area contributed by atoms with Crippen LogP contribution in [0.15, 0.2) is 36.4 Å². The maximum atomic E-state index is 4.70. The highest BCUT2D eigenvalue weighted by atomic mass is 15.4. The van der Waals surface area contributed by atoms with Crippen molar-refractivity contribution in [3.05, 3.63) is 42.1 Å². The predicted octanol–water partition coefficient (Wildman–Crippen LogP) is 1.66. The number of rotatable bonds is 3. The molecule has 23 heavy (non-hydrogen) atoms. The molecule has 0 saturated carbocycles. The molecule has 5 heteroatoms. The fraction of sp³-hybridized carbons (Fsp3) is 0.500. The predicted molar refractivity (Wildman–Crippen MR) is 93.4 cm³/mol. The zero-order chi connectivity index (χ0) is 15.6. The largest absolute Gasteiger partial charge is 0.354 e. The van der Waals surface area contributed by atoms with Crippen LogP contribution < -0.4 is 10.2 Å². The van der Waals surface area contributed by atoms with E-state index >= 15 is 0 Å². The van der Waals surface area contributed by atoms with Crippen LogP contribution in [-0.4, -0.2) is 60.0 Å². The maximum absolute atomic E-state index is 4.70. The van der Waals surface area contributed by atoms with Crippen LogP contribution in [0.2, 0.25) is 0 Å². The van der Waals surface area contributed by atoms with E-state index in [9.17, 15) is 0 Å². The van der Waals surface area contributed by atoms with Gasteiger partial charge in [-0.2, -0.15) is 5.10 Å². The van der Waals surface area contributed by atoms with Gasteiger partial charge in [-0.25, -0.2) is 4.68 Å². The van der Waals surface area contributed by atoms with E-state index in [1.165, 1.54) is 18.8 Å². The lowest BCUT2D eigenvalue weighted by atomic mass is 10.2. The normalized spacial score (nSPS) is 22.7. The number of anilines is 1. The Hall–Kier alpha value is -1.85. The molecule has 5 nitrogen and oxygen atoms in total. The molecule has 2 aliphatic rings. The Labute approximate surface area is 137 Å². The third-order valence-corrected chi connectivity index (χ3v) is 5.00. The highest BCUT2D eigenvalue weighted by Gasteiger charge is 2.27. The summed E-state index contributed by atoms with van der Waals surface area (Å²) in [5, 5.41) is 8.18. The molecule has 2 saturated heterocycles. The summed E-state index contributed by atoms with van der Waals surface area (Å²) in [5.41, 5.74) is 2.21. The Kier molecular flexibility index (Phi) is 4.06. The maximum Gasteiger partial charge on any atom is 0.132 e. The van der Waals surface area contributed by atoms with E-state index in [-0.39, 0.29) is 0 Å². The second-order valence-electron chi connectivity index (χ2n) is 6.56. The Morgan fingerprint density at radius 2 is 1.87 bits per heavy atom. The quantitative estimate of drug-likeness (QED) is 0.935. The molecule has 0 amide bonds. The Bertz CT molecular complexity index is 637. The molecule has 1 N–H and O–H groups in total. The Morgan fingerprint density at radius 3 is 2.57 bits per heavy atom. The third-order valence-electron chi connectivity index (χ3n) is 5.00. The first kappa shape index (κ1) is 14.7. The molecule has 2 aromatic rings. The third kappa shape index (κ3) is 2.99. The molecule has 0 bridgehead atoms. The van der Waals surface area contributed by atoms with Crippen molar-refractivity contribution >= 4 is 5.82 Å². The van der Waals surface area contributed by atoms with Crippen molar-refractivity contribution in [2.75, 3.05) is 44.2 Å². The number of aryl methyl sites for hydroxylation is 1. The van der Waals surface area contributed by atoms with E-state index in [4.69, 9.17) is 5.10 Å². The molecule has 1 aromatic carbocycles. The minimum atomic E-state index is 0.734. The van der Waals surface area contributed by atoms with Gasteiger partial charge < -0.3 is 10.2 Å². The molecule has 2 fully saturated rings. The molecule has 0 spiro atoms. The summed E-state index contributed by atoms with van der Waals surface area (Å²) in [7, 11) is 0. The van der Waals surface area contributed by atoms with Crippen LogP contribution >= 0.6 is 0 Å². The second-order valence-corrected chi connectivity index (χ2v) is 6.56. The van der Waals surface area contributed by atoms with Crippen LogP contribution in [0.25, 0.3) is 5.69 Å². The SMILES string of the molecule is Cc1cc(N2CCN([C@H]3CCNC3)CC2)n(-c2ccccc2)n1. The zero-order valence-electron chi connectivity index (χ0n) is 13.8. The van der Waals surface area contributed by atoms with Crippen LogP contribution in [0, 0.1) is 6.92 Å². The number of hydrogen-bond acceptors (Lipinski definition) is 4. The van der Waals surface area contributed by atoms with E-state index in [2.05, 4.69) is 57.1 Å². The first-order valence-corrected chi connectivity index (χ1v) is 8.63. The summed E-state index contributed by atoms with van der Waals surface area (Å²) in [4.78, 5) is 5.12. The summed E-state index contributed by atoms with van der Waals surface area (Å²) in [5.74, 6) is 1.22. The van der Waals surface area contributed by atoms with E-state index in [0.29, 0.717) is 0 Å². The first-order valence-electron chi connectivity index (χ1n) is 8.63. The molecule has 0 aliphatic carbocycles. The summed E-state index contributed by atoms with van der Waals surface area (Å²) >= 11 is 0. The topological polar surface area (TPSA) is 36.3 Å². The van der Waals surface area contributed by atoms with Crippen molar-refractivity contribution in [3.63, 3.8) is 0 Å². The molecule has 0 radical (unpaired) electrons. The number of benzene rings is 1. The highest BCUT2D eigenvalue weighted by Crippen LogP contribution is 2.23. The summed E-state index contributed by atoms with van der Waals surface area (Å²) in [6.45, 7) is 8.84. The van der Waals surface area contributed by atoms with Gasteiger partial charge in [-0.3, -0.25) is 4.90 Å². The number of aromatic nitrogens is 2. The molecule has 0 unspecified atom stereocenters. The number of nitrogens with one attached hydrogen (secondary N) is 1. The van der Waals surface area contributed by atoms with Gasteiger partial charge in [0, 0.05) is 44.8 Å². The Balaban J connectivity index is 1.51. The van der Waals surface area contributed by atoms with Gasteiger partial charge in [0.2, 0.25) is 0 Å². The zero-order valence-corrected chi connectivity index (χ0v) is 13.8. The monoisotopic (exact) mass is 311 g/mol. The fourth-order valence-electron chi connectivity index (χ4n) is 3.74. The van der Waals surface area contributed by atoms with Gasteiger partial charge in [0.05, 0.1) is 11.4 Å². The van der Waals surface area contributed by atoms with Gasteiger partial charge in [-0.05, 0) is 32.0 Å². The minimum Gasteiger partial charge on any atom is -0.354 e. The molecule has 4 rings (SSSR count). The smallest absolute Gasteiger partial charge is 0.132 e. The van der Waals surface area contributed by atoms with Crippen molar-refractivity contribution in [2.45, 2.75) is 19.4 Å². The molecule has 1 atom stereocenters. The van der Waals surface area contributed by atoms with Gasteiger partial charge in [0.25, 0.3) is 0 Å².